The molecule has 7 heteroatoms. The van der Waals surface area contributed by atoms with E-state index >= 15 is 0 Å². The number of nitrogens with one attached hydrogen (secondary N) is 2. The molecule has 4 rings (SSSR count). The molecule has 148 valence electrons. The molecule has 29 heavy (non-hydrogen) atoms. The number of hydrogen-bond acceptors (Lipinski definition) is 7. The monoisotopic (exact) mass is 389 g/mol. The van der Waals surface area contributed by atoms with Gasteiger partial charge in [-0.25, -0.2) is 9.78 Å². The van der Waals surface area contributed by atoms with Crippen molar-refractivity contribution in [2.75, 3.05) is 35.7 Å². The molecule has 0 atom stereocenters. The number of ether oxygens (including phenoxy) is 1. The fraction of sp³-hybridized carbons (Fsp3) is 0.227. The molecule has 3 aromatic rings. The number of esters is 1. The van der Waals surface area contributed by atoms with Gasteiger partial charge < -0.3 is 20.3 Å². The van der Waals surface area contributed by atoms with Gasteiger partial charge in [0.1, 0.15) is 5.82 Å². The second kappa shape index (κ2) is 8.60. The van der Waals surface area contributed by atoms with Gasteiger partial charge in [0.2, 0.25) is 5.95 Å². The van der Waals surface area contributed by atoms with E-state index in [0.29, 0.717) is 17.3 Å². The number of anilines is 5. The van der Waals surface area contributed by atoms with E-state index in [9.17, 15) is 4.79 Å². The van der Waals surface area contributed by atoms with Crippen LogP contribution in [-0.4, -0.2) is 36.1 Å². The van der Waals surface area contributed by atoms with Crippen molar-refractivity contribution in [3.63, 3.8) is 0 Å². The summed E-state index contributed by atoms with van der Waals surface area (Å²) in [5.41, 5.74) is 3.50. The third-order valence-corrected chi connectivity index (χ3v) is 4.83. The number of hydrogen-bond donors (Lipinski definition) is 2. The molecular weight excluding hydrogens is 366 g/mol. The Morgan fingerprint density at radius 2 is 1.59 bits per heavy atom. The third kappa shape index (κ3) is 4.63. The first-order valence-electron chi connectivity index (χ1n) is 9.62. The van der Waals surface area contributed by atoms with E-state index in [1.807, 2.05) is 12.1 Å². The fourth-order valence-corrected chi connectivity index (χ4v) is 3.30. The van der Waals surface area contributed by atoms with Crippen LogP contribution in [0.5, 0.6) is 0 Å². The molecule has 0 saturated carbocycles. The van der Waals surface area contributed by atoms with Gasteiger partial charge >= 0.3 is 5.97 Å². The topological polar surface area (TPSA) is 79.4 Å². The van der Waals surface area contributed by atoms with E-state index in [4.69, 9.17) is 4.74 Å². The summed E-state index contributed by atoms with van der Waals surface area (Å²) < 4.78 is 4.71. The lowest BCUT2D eigenvalue weighted by Crippen LogP contribution is -2.17. The number of aromatic nitrogens is 2. The minimum atomic E-state index is -0.360. The van der Waals surface area contributed by atoms with Crippen LogP contribution in [0.2, 0.25) is 0 Å². The molecule has 0 amide bonds. The Hall–Kier alpha value is -3.61. The summed E-state index contributed by atoms with van der Waals surface area (Å²) in [5.74, 6) is 0.804. The predicted molar refractivity (Wildman–Crippen MR) is 114 cm³/mol. The minimum Gasteiger partial charge on any atom is -0.465 e. The summed E-state index contributed by atoms with van der Waals surface area (Å²) in [4.78, 5) is 22.7. The van der Waals surface area contributed by atoms with Gasteiger partial charge in [-0.15, -0.1) is 0 Å². The molecule has 0 radical (unpaired) electrons. The van der Waals surface area contributed by atoms with Crippen LogP contribution in [0.4, 0.5) is 28.8 Å². The van der Waals surface area contributed by atoms with Gasteiger partial charge in [-0.2, -0.15) is 4.98 Å². The van der Waals surface area contributed by atoms with Gasteiger partial charge in [0.25, 0.3) is 0 Å². The Bertz CT molecular complexity index is 967. The lowest BCUT2D eigenvalue weighted by molar-refractivity contribution is 0.0601. The smallest absolute Gasteiger partial charge is 0.337 e. The van der Waals surface area contributed by atoms with Crippen LogP contribution in [0, 0.1) is 0 Å². The minimum absolute atomic E-state index is 0.360. The molecule has 0 unspecified atom stereocenters. The number of methoxy groups -OCH3 is 1. The van der Waals surface area contributed by atoms with Crippen molar-refractivity contribution in [1.82, 2.24) is 9.97 Å². The average Bonchev–Trinajstić information content (AvgIpc) is 3.29. The highest BCUT2D eigenvalue weighted by Crippen LogP contribution is 2.23. The maximum absolute atomic E-state index is 11.5. The van der Waals surface area contributed by atoms with Gasteiger partial charge in [-0.05, 0) is 67.4 Å². The molecule has 1 aliphatic rings. The second-order valence-corrected chi connectivity index (χ2v) is 6.83. The lowest BCUT2D eigenvalue weighted by atomic mass is 10.2. The number of carbonyl (C=O) groups is 1. The fourth-order valence-electron chi connectivity index (χ4n) is 3.30. The molecule has 2 N–H and O–H groups in total. The average molecular weight is 389 g/mol. The number of benzene rings is 2. The Kier molecular flexibility index (Phi) is 5.56. The maximum Gasteiger partial charge on any atom is 0.337 e. The number of rotatable bonds is 6. The van der Waals surface area contributed by atoms with Crippen LogP contribution in [-0.2, 0) is 4.74 Å². The Morgan fingerprint density at radius 3 is 2.28 bits per heavy atom. The van der Waals surface area contributed by atoms with E-state index in [-0.39, 0.29) is 5.97 Å². The lowest BCUT2D eigenvalue weighted by Gasteiger charge is -2.17. The Balaban J connectivity index is 1.41. The molecule has 0 aliphatic carbocycles. The summed E-state index contributed by atoms with van der Waals surface area (Å²) in [6, 6.07) is 17.1. The summed E-state index contributed by atoms with van der Waals surface area (Å²) in [7, 11) is 1.36. The molecule has 1 aromatic heterocycles. The van der Waals surface area contributed by atoms with Crippen molar-refractivity contribution in [3.8, 4) is 0 Å². The quantitative estimate of drug-likeness (QED) is 0.607. The molecule has 0 bridgehead atoms. The zero-order chi connectivity index (χ0) is 20.1. The van der Waals surface area contributed by atoms with Crippen LogP contribution in [0.15, 0.2) is 60.8 Å². The van der Waals surface area contributed by atoms with Crippen LogP contribution < -0.4 is 15.5 Å². The second-order valence-electron chi connectivity index (χ2n) is 6.83. The molecular formula is C22H23N5O2. The molecule has 7 nitrogen and oxygen atoms in total. The summed E-state index contributed by atoms with van der Waals surface area (Å²) in [6.45, 7) is 2.26. The highest BCUT2D eigenvalue weighted by atomic mass is 16.5. The SMILES string of the molecule is COC(=O)c1ccc(Nc2ccnc(Nc3ccc(N4CCCC4)cc3)n2)cc1. The van der Waals surface area contributed by atoms with Crippen molar-refractivity contribution < 1.29 is 9.53 Å². The number of carbonyl (C=O) groups excluding carboxylic acids is 1. The van der Waals surface area contributed by atoms with E-state index in [1.165, 1.54) is 25.6 Å². The highest BCUT2D eigenvalue weighted by molar-refractivity contribution is 5.89. The van der Waals surface area contributed by atoms with E-state index in [0.717, 1.165) is 24.5 Å². The first-order chi connectivity index (χ1) is 14.2. The molecule has 1 saturated heterocycles. The molecule has 2 aromatic carbocycles. The number of nitrogens with zero attached hydrogens (tertiary/aromatic N) is 3. The van der Waals surface area contributed by atoms with E-state index < -0.39 is 0 Å². The van der Waals surface area contributed by atoms with Gasteiger partial charge in [0, 0.05) is 36.3 Å². The Morgan fingerprint density at radius 1 is 0.931 bits per heavy atom. The third-order valence-electron chi connectivity index (χ3n) is 4.83. The van der Waals surface area contributed by atoms with Crippen molar-refractivity contribution in [2.24, 2.45) is 0 Å². The molecule has 1 aliphatic heterocycles. The summed E-state index contributed by atoms with van der Waals surface area (Å²) in [6.07, 6.45) is 4.22. The standard InChI is InChI=1S/C22H23N5O2/c1-29-21(28)16-4-6-17(7-5-16)24-20-12-13-23-22(26-20)25-18-8-10-19(11-9-18)27-14-2-3-15-27/h4-13H,2-3,14-15H2,1H3,(H2,23,24,25,26). The van der Waals surface area contributed by atoms with Gasteiger partial charge in [0.05, 0.1) is 12.7 Å². The zero-order valence-electron chi connectivity index (χ0n) is 16.3. The summed E-state index contributed by atoms with van der Waals surface area (Å²) >= 11 is 0. The van der Waals surface area contributed by atoms with Crippen LogP contribution in [0.25, 0.3) is 0 Å². The van der Waals surface area contributed by atoms with Crippen LogP contribution >= 0.6 is 0 Å². The molecule has 2 heterocycles. The van der Waals surface area contributed by atoms with Crippen LogP contribution in [0.1, 0.15) is 23.2 Å². The van der Waals surface area contributed by atoms with Crippen molar-refractivity contribution >= 4 is 34.8 Å². The van der Waals surface area contributed by atoms with Gasteiger partial charge in [-0.3, -0.25) is 0 Å². The largest absolute Gasteiger partial charge is 0.465 e. The normalized spacial score (nSPS) is 13.2. The molecule has 1 fully saturated rings. The van der Waals surface area contributed by atoms with Crippen molar-refractivity contribution in [3.05, 3.63) is 66.4 Å². The predicted octanol–water partition coefficient (Wildman–Crippen LogP) is 4.35. The summed E-state index contributed by atoms with van der Waals surface area (Å²) in [5, 5.41) is 6.45. The first-order valence-corrected chi connectivity index (χ1v) is 9.62. The Labute approximate surface area is 169 Å². The van der Waals surface area contributed by atoms with Crippen LogP contribution in [0.3, 0.4) is 0 Å². The van der Waals surface area contributed by atoms with Gasteiger partial charge in [-0.1, -0.05) is 0 Å². The van der Waals surface area contributed by atoms with Gasteiger partial charge in [0.15, 0.2) is 0 Å². The maximum atomic E-state index is 11.5. The van der Waals surface area contributed by atoms with E-state index in [1.54, 1.807) is 36.5 Å². The first kappa shape index (κ1) is 18.7. The highest BCUT2D eigenvalue weighted by Gasteiger charge is 2.12. The van der Waals surface area contributed by atoms with Crippen molar-refractivity contribution in [1.29, 1.82) is 0 Å². The zero-order valence-corrected chi connectivity index (χ0v) is 16.3. The molecule has 0 spiro atoms. The van der Waals surface area contributed by atoms with E-state index in [2.05, 4.69) is 37.6 Å². The van der Waals surface area contributed by atoms with Crippen molar-refractivity contribution in [2.45, 2.75) is 12.8 Å².